The Balaban J connectivity index is 1.33. The first kappa shape index (κ1) is 26.4. The van der Waals surface area contributed by atoms with Gasteiger partial charge in [-0.2, -0.15) is 5.26 Å². The van der Waals surface area contributed by atoms with Crippen molar-refractivity contribution in [3.05, 3.63) is 89.0 Å². The number of para-hydroxylation sites is 1. The number of ether oxygens (including phenoxy) is 1. The number of allylic oxidation sites excluding steroid dienone is 1. The molecule has 1 unspecified atom stereocenters. The number of hydrogen-bond acceptors (Lipinski definition) is 6. The number of likely N-dealkylation sites (tertiary alicyclic amines) is 1. The Morgan fingerprint density at radius 1 is 1.10 bits per heavy atom. The molecule has 0 spiro atoms. The van der Waals surface area contributed by atoms with Crippen LogP contribution in [-0.4, -0.2) is 38.0 Å². The molecule has 6 rings (SSSR count). The van der Waals surface area contributed by atoms with E-state index in [1.807, 2.05) is 60.7 Å². The lowest BCUT2D eigenvalue weighted by atomic mass is 9.69. The number of pyridine rings is 1. The van der Waals surface area contributed by atoms with Crippen molar-refractivity contribution >= 4 is 22.8 Å². The second-order valence-corrected chi connectivity index (χ2v) is 11.2. The maximum atomic E-state index is 14.1. The van der Waals surface area contributed by atoms with Gasteiger partial charge in [0.1, 0.15) is 34.5 Å². The normalized spacial score (nSPS) is 18.5. The van der Waals surface area contributed by atoms with Gasteiger partial charge in [-0.05, 0) is 73.6 Å². The molecule has 9 heteroatoms. The van der Waals surface area contributed by atoms with Crippen molar-refractivity contribution in [3.63, 3.8) is 0 Å². The number of hydrogen-bond donors (Lipinski definition) is 1. The molecule has 1 atom stereocenters. The monoisotopic (exact) mass is 548 g/mol. The zero-order chi connectivity index (χ0) is 28.6. The smallest absolute Gasteiger partial charge is 0.334 e. The van der Waals surface area contributed by atoms with Gasteiger partial charge in [-0.25, -0.2) is 9.78 Å². The number of nitriles is 1. The van der Waals surface area contributed by atoms with Gasteiger partial charge in [0, 0.05) is 19.3 Å². The Hall–Kier alpha value is -4.84. The Kier molecular flexibility index (Phi) is 6.83. The van der Waals surface area contributed by atoms with Gasteiger partial charge in [0.2, 0.25) is 0 Å². The predicted octanol–water partition coefficient (Wildman–Crippen LogP) is 5.37. The van der Waals surface area contributed by atoms with E-state index >= 15 is 0 Å². The maximum absolute atomic E-state index is 14.1. The molecule has 1 aliphatic heterocycles. The topological polar surface area (TPSA) is 119 Å². The number of aromatic nitrogens is 3. The molecule has 41 heavy (non-hydrogen) atoms. The summed E-state index contributed by atoms with van der Waals surface area (Å²) in [4.78, 5) is 33.5. The van der Waals surface area contributed by atoms with Crippen molar-refractivity contribution in [1.82, 2.24) is 19.0 Å². The summed E-state index contributed by atoms with van der Waals surface area (Å²) >= 11 is 0. The lowest BCUT2D eigenvalue weighted by Crippen LogP contribution is -2.43. The van der Waals surface area contributed by atoms with E-state index in [9.17, 15) is 14.9 Å². The molecular weight excluding hydrogens is 516 g/mol. The molecule has 2 aromatic carbocycles. The molecule has 2 aromatic heterocycles. The first-order chi connectivity index (χ1) is 19.9. The zero-order valence-corrected chi connectivity index (χ0v) is 23.0. The minimum atomic E-state index is -0.273. The van der Waals surface area contributed by atoms with Crippen LogP contribution in [0.2, 0.25) is 0 Å². The molecule has 9 nitrogen and oxygen atoms in total. The maximum Gasteiger partial charge on any atom is 0.334 e. The van der Waals surface area contributed by atoms with Crippen LogP contribution in [0.4, 0.5) is 5.82 Å². The molecule has 1 amide bonds. The van der Waals surface area contributed by atoms with Crippen LogP contribution >= 0.6 is 0 Å². The number of benzene rings is 2. The minimum Gasteiger partial charge on any atom is -0.457 e. The summed E-state index contributed by atoms with van der Waals surface area (Å²) in [7, 11) is 0. The number of nitrogen functional groups attached to an aromatic ring is 1. The summed E-state index contributed by atoms with van der Waals surface area (Å²) in [6.07, 6.45) is 7.96. The van der Waals surface area contributed by atoms with Crippen LogP contribution in [0.25, 0.3) is 16.7 Å². The number of piperidine rings is 1. The van der Waals surface area contributed by atoms with E-state index in [2.05, 4.69) is 18.0 Å². The Morgan fingerprint density at radius 2 is 1.83 bits per heavy atom. The van der Waals surface area contributed by atoms with Crippen LogP contribution < -0.4 is 16.2 Å². The summed E-state index contributed by atoms with van der Waals surface area (Å²) in [5.41, 5.74) is 7.98. The first-order valence-electron chi connectivity index (χ1n) is 14.0. The SMILES string of the molecule is CC1(C=C(C#N)C(=O)N2CCCC(n3c(=O)n(-c4ccc(Oc5ccccc5)cc4)c4c(N)nccc43)C2)CCC1. The highest BCUT2D eigenvalue weighted by Crippen LogP contribution is 2.42. The summed E-state index contributed by atoms with van der Waals surface area (Å²) in [5.74, 6) is 1.34. The second-order valence-electron chi connectivity index (χ2n) is 11.2. The molecule has 1 aliphatic carbocycles. The van der Waals surface area contributed by atoms with E-state index in [-0.39, 0.29) is 34.4 Å². The third-order valence-electron chi connectivity index (χ3n) is 8.27. The van der Waals surface area contributed by atoms with Gasteiger partial charge in [0.05, 0.1) is 17.2 Å². The molecule has 1 saturated heterocycles. The Morgan fingerprint density at radius 3 is 2.51 bits per heavy atom. The fraction of sp³-hybridized carbons (Fsp3) is 0.312. The van der Waals surface area contributed by atoms with E-state index in [0.717, 1.165) is 37.9 Å². The Bertz CT molecular complexity index is 1730. The van der Waals surface area contributed by atoms with Crippen molar-refractivity contribution in [2.24, 2.45) is 5.41 Å². The highest BCUT2D eigenvalue weighted by atomic mass is 16.5. The van der Waals surface area contributed by atoms with E-state index in [0.29, 0.717) is 35.6 Å². The van der Waals surface area contributed by atoms with Crippen molar-refractivity contribution < 1.29 is 9.53 Å². The average molecular weight is 549 g/mol. The number of amides is 1. The van der Waals surface area contributed by atoms with Crippen molar-refractivity contribution in [1.29, 1.82) is 5.26 Å². The van der Waals surface area contributed by atoms with Gasteiger partial charge in [-0.15, -0.1) is 0 Å². The van der Waals surface area contributed by atoms with Crippen LogP contribution in [-0.2, 0) is 4.79 Å². The molecule has 208 valence electrons. The number of nitrogens with zero attached hydrogens (tertiary/aromatic N) is 5. The molecule has 0 radical (unpaired) electrons. The van der Waals surface area contributed by atoms with Crippen molar-refractivity contribution in [2.45, 2.75) is 45.1 Å². The third-order valence-corrected chi connectivity index (χ3v) is 8.27. The van der Waals surface area contributed by atoms with Gasteiger partial charge < -0.3 is 15.4 Å². The number of fused-ring (bicyclic) bond motifs is 1. The number of carbonyl (C=O) groups is 1. The number of carbonyl (C=O) groups excluding carboxylic acids is 1. The molecular formula is C32H32N6O3. The average Bonchev–Trinajstić information content (AvgIpc) is 3.28. The molecule has 1 saturated carbocycles. The first-order valence-corrected chi connectivity index (χ1v) is 14.0. The number of nitrogens with two attached hydrogens (primary N) is 1. The van der Waals surface area contributed by atoms with E-state index in [1.165, 1.54) is 0 Å². The zero-order valence-electron chi connectivity index (χ0n) is 23.0. The van der Waals surface area contributed by atoms with E-state index < -0.39 is 0 Å². The fourth-order valence-corrected chi connectivity index (χ4v) is 5.96. The Labute approximate surface area is 238 Å². The van der Waals surface area contributed by atoms with Gasteiger partial charge >= 0.3 is 5.69 Å². The molecule has 3 heterocycles. The quantitative estimate of drug-likeness (QED) is 0.256. The number of imidazole rings is 1. The minimum absolute atomic E-state index is 0.0908. The molecule has 0 bridgehead atoms. The van der Waals surface area contributed by atoms with Gasteiger partial charge in [-0.1, -0.05) is 37.6 Å². The van der Waals surface area contributed by atoms with E-state index in [4.69, 9.17) is 10.5 Å². The molecule has 4 aromatic rings. The van der Waals surface area contributed by atoms with Crippen LogP contribution in [0.3, 0.4) is 0 Å². The molecule has 2 N–H and O–H groups in total. The summed E-state index contributed by atoms with van der Waals surface area (Å²) in [6.45, 7) is 2.97. The predicted molar refractivity (Wildman–Crippen MR) is 157 cm³/mol. The molecule has 2 fully saturated rings. The highest BCUT2D eigenvalue weighted by molar-refractivity contribution is 5.97. The second kappa shape index (κ2) is 10.6. The van der Waals surface area contributed by atoms with Crippen LogP contribution in [0.5, 0.6) is 11.5 Å². The largest absolute Gasteiger partial charge is 0.457 e. The van der Waals surface area contributed by atoms with Crippen LogP contribution in [0.1, 0.15) is 45.1 Å². The highest BCUT2D eigenvalue weighted by Gasteiger charge is 2.34. The van der Waals surface area contributed by atoms with Gasteiger partial charge in [0.25, 0.3) is 5.91 Å². The lowest BCUT2D eigenvalue weighted by Gasteiger charge is -2.37. The third kappa shape index (κ3) is 4.97. The summed E-state index contributed by atoms with van der Waals surface area (Å²) < 4.78 is 9.22. The lowest BCUT2D eigenvalue weighted by molar-refractivity contribution is -0.128. The summed E-state index contributed by atoms with van der Waals surface area (Å²) in [6, 6.07) is 20.4. The van der Waals surface area contributed by atoms with Gasteiger partial charge in [-0.3, -0.25) is 13.9 Å². The molecule has 2 aliphatic rings. The van der Waals surface area contributed by atoms with Gasteiger partial charge in [0.15, 0.2) is 0 Å². The standard InChI is InChI=1S/C32H32N6O3/c1-32(15-6-16-32)19-22(20-33)30(39)36-18-5-7-24(21-36)37-27-14-17-35-29(34)28(27)38(31(37)40)23-10-12-26(13-11-23)41-25-8-3-2-4-9-25/h2-4,8-14,17,19,24H,5-7,15-16,18,21H2,1H3,(H2,34,35). The fourth-order valence-electron chi connectivity index (χ4n) is 5.96. The number of anilines is 1. The number of rotatable bonds is 6. The van der Waals surface area contributed by atoms with Crippen LogP contribution in [0, 0.1) is 16.7 Å². The van der Waals surface area contributed by atoms with Crippen molar-refractivity contribution in [3.8, 4) is 23.3 Å². The van der Waals surface area contributed by atoms with E-state index in [1.54, 1.807) is 26.3 Å². The van der Waals surface area contributed by atoms with Crippen molar-refractivity contribution in [2.75, 3.05) is 18.8 Å². The summed E-state index contributed by atoms with van der Waals surface area (Å²) in [5, 5.41) is 9.79. The van der Waals surface area contributed by atoms with Crippen LogP contribution in [0.15, 0.2) is 83.3 Å².